The maximum Gasteiger partial charge on any atom is 0.407 e. The summed E-state index contributed by atoms with van der Waals surface area (Å²) in [5.74, 6) is -1.88. The SMILES string of the molecule is C1CCOC1.CCn1c(-c2cccnc2C(C)OC)c2c3cc(ccc31)-c1csc(n1)CC(NC(=O)C(C(C)C)N(C)C(=O)O)C(=O)N1CCC[C@H](N1)C(=O)OCC(C)(C)C2. The number of aromatic nitrogens is 3. The normalized spacial score (nSPS) is 20.3. The van der Waals surface area contributed by atoms with Gasteiger partial charge < -0.3 is 29.2 Å². The number of thiazole rings is 1. The van der Waals surface area contributed by atoms with Crippen molar-refractivity contribution in [3.05, 3.63) is 58.2 Å². The van der Waals surface area contributed by atoms with Crippen LogP contribution >= 0.6 is 11.3 Å². The molecule has 0 radical (unpaired) electrons. The minimum atomic E-state index is -1.26. The van der Waals surface area contributed by atoms with Gasteiger partial charge in [0, 0.05) is 85.9 Å². The number of fused-ring (bicyclic) bond motifs is 6. The van der Waals surface area contributed by atoms with Gasteiger partial charge in [-0.1, -0.05) is 33.8 Å². The summed E-state index contributed by atoms with van der Waals surface area (Å²) in [5, 5.41) is 17.6. The number of amides is 3. The Balaban J connectivity index is 0.00000116. The van der Waals surface area contributed by atoms with E-state index in [0.717, 1.165) is 62.8 Å². The molecule has 7 rings (SSSR count). The zero-order chi connectivity index (χ0) is 44.0. The van der Waals surface area contributed by atoms with Crippen molar-refractivity contribution in [3.8, 4) is 22.5 Å². The van der Waals surface area contributed by atoms with Gasteiger partial charge in [-0.05, 0) is 81.7 Å². The number of rotatable bonds is 8. The number of carbonyl (C=O) groups excluding carboxylic acids is 3. The molecular formula is C45H61N7O8S. The van der Waals surface area contributed by atoms with Gasteiger partial charge in [0.1, 0.15) is 18.1 Å². The van der Waals surface area contributed by atoms with Crippen LogP contribution in [0, 0.1) is 11.3 Å². The van der Waals surface area contributed by atoms with Crippen molar-refractivity contribution in [3.63, 3.8) is 0 Å². The van der Waals surface area contributed by atoms with E-state index in [1.807, 2.05) is 24.4 Å². The Morgan fingerprint density at radius 1 is 1.15 bits per heavy atom. The summed E-state index contributed by atoms with van der Waals surface area (Å²) in [6, 6.07) is 7.42. The number of carboxylic acid groups (broad SMARTS) is 1. The summed E-state index contributed by atoms with van der Waals surface area (Å²) < 4.78 is 19.1. The van der Waals surface area contributed by atoms with Crippen LogP contribution in [0.5, 0.6) is 0 Å². The fraction of sp³-hybridized carbons (Fsp3) is 0.556. The number of nitrogens with one attached hydrogen (secondary N) is 2. The predicted octanol–water partition coefficient (Wildman–Crippen LogP) is 6.63. The first-order valence-electron chi connectivity index (χ1n) is 21.3. The monoisotopic (exact) mass is 859 g/mol. The van der Waals surface area contributed by atoms with Crippen LogP contribution in [0.25, 0.3) is 33.4 Å². The first-order chi connectivity index (χ1) is 29.1. The summed E-state index contributed by atoms with van der Waals surface area (Å²) in [6.45, 7) is 14.9. The van der Waals surface area contributed by atoms with Gasteiger partial charge in [-0.15, -0.1) is 11.3 Å². The lowest BCUT2D eigenvalue weighted by Gasteiger charge is -2.36. The number of cyclic esters (lactones) is 1. The smallest absolute Gasteiger partial charge is 0.407 e. The van der Waals surface area contributed by atoms with Gasteiger partial charge in [-0.3, -0.25) is 29.3 Å². The van der Waals surface area contributed by atoms with Gasteiger partial charge in [0.25, 0.3) is 5.91 Å². The Morgan fingerprint density at radius 3 is 2.56 bits per heavy atom. The van der Waals surface area contributed by atoms with Crippen LogP contribution in [0.4, 0.5) is 4.79 Å². The molecule has 0 spiro atoms. The molecule has 6 bridgehead atoms. The van der Waals surface area contributed by atoms with Crippen LogP contribution in [-0.2, 0) is 48.0 Å². The molecule has 3 aromatic heterocycles. The third-order valence-electron chi connectivity index (χ3n) is 11.6. The van der Waals surface area contributed by atoms with Crippen molar-refractivity contribution in [2.24, 2.45) is 11.3 Å². The highest BCUT2D eigenvalue weighted by molar-refractivity contribution is 7.10. The molecule has 2 saturated heterocycles. The largest absolute Gasteiger partial charge is 0.465 e. The quantitative estimate of drug-likeness (QED) is 0.162. The molecule has 330 valence electrons. The summed E-state index contributed by atoms with van der Waals surface area (Å²) in [5.41, 5.74) is 9.18. The van der Waals surface area contributed by atoms with Crippen LogP contribution in [0.2, 0.25) is 0 Å². The van der Waals surface area contributed by atoms with Gasteiger partial charge in [0.15, 0.2) is 0 Å². The predicted molar refractivity (Wildman–Crippen MR) is 234 cm³/mol. The molecule has 0 aliphatic carbocycles. The summed E-state index contributed by atoms with van der Waals surface area (Å²) in [4.78, 5) is 64.3. The Morgan fingerprint density at radius 2 is 1.90 bits per heavy atom. The second kappa shape index (κ2) is 19.9. The zero-order valence-electron chi connectivity index (χ0n) is 36.7. The summed E-state index contributed by atoms with van der Waals surface area (Å²) in [6.07, 6.45) is 4.47. The fourth-order valence-electron chi connectivity index (χ4n) is 8.38. The second-order valence-electron chi connectivity index (χ2n) is 17.2. The van der Waals surface area contributed by atoms with E-state index in [9.17, 15) is 24.3 Å². The topological polar surface area (TPSA) is 177 Å². The van der Waals surface area contributed by atoms with Crippen LogP contribution in [0.1, 0.15) is 89.6 Å². The van der Waals surface area contributed by atoms with Crippen molar-refractivity contribution in [1.82, 2.24) is 35.2 Å². The van der Waals surface area contributed by atoms with E-state index < -0.39 is 47.4 Å². The molecule has 3 aliphatic rings. The Labute approximate surface area is 362 Å². The molecule has 4 atom stereocenters. The molecule has 15 nitrogen and oxygen atoms in total. The molecular weight excluding hydrogens is 799 g/mol. The lowest BCUT2D eigenvalue weighted by atomic mass is 9.84. The van der Waals surface area contributed by atoms with Crippen LogP contribution < -0.4 is 10.7 Å². The number of carbonyl (C=O) groups is 4. The van der Waals surface area contributed by atoms with E-state index in [2.05, 4.69) is 54.3 Å². The number of nitrogens with zero attached hydrogens (tertiary/aromatic N) is 5. The highest BCUT2D eigenvalue weighted by Gasteiger charge is 2.38. The molecule has 6 heterocycles. The number of methoxy groups -OCH3 is 1. The lowest BCUT2D eigenvalue weighted by Crippen LogP contribution is -2.62. The van der Waals surface area contributed by atoms with Crippen LogP contribution in [0.3, 0.4) is 0 Å². The number of esters is 1. The minimum Gasteiger partial charge on any atom is -0.465 e. The van der Waals surface area contributed by atoms with Gasteiger partial charge >= 0.3 is 12.1 Å². The number of ether oxygens (including phenoxy) is 3. The van der Waals surface area contributed by atoms with Crippen molar-refractivity contribution in [1.29, 1.82) is 0 Å². The second-order valence-corrected chi connectivity index (χ2v) is 18.1. The zero-order valence-corrected chi connectivity index (χ0v) is 37.5. The summed E-state index contributed by atoms with van der Waals surface area (Å²) in [7, 11) is 3.02. The van der Waals surface area contributed by atoms with E-state index in [0.29, 0.717) is 37.4 Å². The third-order valence-corrected chi connectivity index (χ3v) is 12.5. The number of aryl methyl sites for hydroxylation is 1. The molecule has 3 aliphatic heterocycles. The average Bonchev–Trinajstić information content (AvgIpc) is 4.04. The van der Waals surface area contributed by atoms with Gasteiger partial charge in [0.05, 0.1) is 34.8 Å². The van der Waals surface area contributed by atoms with Crippen LogP contribution in [-0.4, -0.2) is 112 Å². The highest BCUT2D eigenvalue weighted by Crippen LogP contribution is 2.42. The molecule has 2 fully saturated rings. The van der Waals surface area contributed by atoms with Crippen molar-refractivity contribution < 1.29 is 38.5 Å². The van der Waals surface area contributed by atoms with Crippen LogP contribution in [0.15, 0.2) is 41.9 Å². The first-order valence-corrected chi connectivity index (χ1v) is 22.2. The Hall–Kier alpha value is -4.90. The highest BCUT2D eigenvalue weighted by atomic mass is 32.1. The minimum absolute atomic E-state index is 0.0592. The Bertz CT molecular complexity index is 2190. The number of pyridine rings is 1. The molecule has 3 N–H and O–H groups in total. The maximum absolute atomic E-state index is 14.2. The number of likely N-dealkylation sites (N-methyl/N-ethyl adjacent to an activating group) is 1. The van der Waals surface area contributed by atoms with Crippen molar-refractivity contribution >= 4 is 46.1 Å². The van der Waals surface area contributed by atoms with E-state index in [1.54, 1.807) is 27.2 Å². The summed E-state index contributed by atoms with van der Waals surface area (Å²) >= 11 is 1.38. The number of benzene rings is 1. The molecule has 61 heavy (non-hydrogen) atoms. The molecule has 3 unspecified atom stereocenters. The van der Waals surface area contributed by atoms with E-state index in [-0.39, 0.29) is 25.0 Å². The van der Waals surface area contributed by atoms with E-state index in [1.165, 1.54) is 36.2 Å². The maximum atomic E-state index is 14.2. The first kappa shape index (κ1) is 45.6. The molecule has 0 saturated carbocycles. The molecule has 4 aromatic rings. The van der Waals surface area contributed by atoms with E-state index in [4.69, 9.17) is 24.2 Å². The fourth-order valence-corrected chi connectivity index (χ4v) is 9.23. The standard InChI is InChI=1S/C41H53N7O7S.C4H8O/c1-9-47-32-15-14-25-18-27(32)28(36(47)26-12-10-16-42-34(26)24(4)54-8)20-41(5,6)22-55-39(51)29-13-11-17-48(45-29)38(50)30(19-33-43-31(25)21-56-33)44-37(49)35(23(2)3)46(7)40(52)53;1-2-4-5-3-1/h10,12,14-16,18,21,23-24,29-30,35,45H,9,11,13,17,19-20,22H2,1-8H3,(H,44,49)(H,52,53);1-4H2/t24?,29-,30?,35?;/m0./s1. The number of hydrogen-bond donors (Lipinski definition) is 3. The van der Waals surface area contributed by atoms with Crippen molar-refractivity contribution in [2.45, 2.75) is 111 Å². The van der Waals surface area contributed by atoms with Gasteiger partial charge in [-0.2, -0.15) is 0 Å². The number of hydrogen-bond acceptors (Lipinski definition) is 11. The van der Waals surface area contributed by atoms with Gasteiger partial charge in [0.2, 0.25) is 5.91 Å². The number of hydrazine groups is 1. The molecule has 3 amide bonds. The lowest BCUT2D eigenvalue weighted by molar-refractivity contribution is -0.155. The molecule has 1 aromatic carbocycles. The third kappa shape index (κ3) is 10.4. The van der Waals surface area contributed by atoms with Crippen molar-refractivity contribution in [2.75, 3.05) is 40.5 Å². The Kier molecular flexibility index (Phi) is 14.9. The van der Waals surface area contributed by atoms with Gasteiger partial charge in [-0.25, -0.2) is 15.2 Å². The van der Waals surface area contributed by atoms with E-state index >= 15 is 0 Å². The average molecular weight is 860 g/mol. The molecule has 16 heteroatoms.